The highest BCUT2D eigenvalue weighted by Crippen LogP contribution is 2.45. The van der Waals surface area contributed by atoms with Crippen molar-refractivity contribution in [3.05, 3.63) is 41.5 Å². The number of hydrogen-bond donors (Lipinski definition) is 2. The molecule has 2 N–H and O–H groups in total. The topological polar surface area (TPSA) is 49.3 Å². The first kappa shape index (κ1) is 11.3. The highest BCUT2D eigenvalue weighted by atomic mass is 16.4. The minimum absolute atomic E-state index is 0.155. The normalized spacial score (nSPS) is 28.4. The number of carboxylic acid groups (broad SMARTS) is 1. The SMILES string of the molecule is CCc1cccc2c1N[C@H](C(=O)O)[C@@H]1CC=C[C@H]21. The third-order valence-electron chi connectivity index (χ3n) is 4.13. The molecule has 1 heterocycles. The predicted molar refractivity (Wildman–Crippen MR) is 70.9 cm³/mol. The second kappa shape index (κ2) is 4.16. The number of aryl methyl sites for hydroxylation is 1. The van der Waals surface area contributed by atoms with Crippen LogP contribution in [0.1, 0.15) is 30.4 Å². The lowest BCUT2D eigenvalue weighted by Crippen LogP contribution is -2.42. The van der Waals surface area contributed by atoms with E-state index in [0.717, 1.165) is 18.5 Å². The van der Waals surface area contributed by atoms with Gasteiger partial charge in [-0.1, -0.05) is 37.3 Å². The van der Waals surface area contributed by atoms with Crippen molar-refractivity contribution in [3.8, 4) is 0 Å². The van der Waals surface area contributed by atoms with Gasteiger partial charge in [0, 0.05) is 17.5 Å². The molecule has 3 nitrogen and oxygen atoms in total. The van der Waals surface area contributed by atoms with Crippen LogP contribution < -0.4 is 5.32 Å². The molecule has 1 aromatic carbocycles. The van der Waals surface area contributed by atoms with Gasteiger partial charge in [-0.15, -0.1) is 0 Å². The van der Waals surface area contributed by atoms with Gasteiger partial charge in [-0.3, -0.25) is 0 Å². The van der Waals surface area contributed by atoms with Crippen LogP contribution in [0.15, 0.2) is 30.4 Å². The summed E-state index contributed by atoms with van der Waals surface area (Å²) in [6.45, 7) is 2.10. The van der Waals surface area contributed by atoms with Crippen LogP contribution in [-0.4, -0.2) is 17.1 Å². The van der Waals surface area contributed by atoms with Gasteiger partial charge < -0.3 is 10.4 Å². The summed E-state index contributed by atoms with van der Waals surface area (Å²) in [5, 5.41) is 12.6. The summed E-state index contributed by atoms with van der Waals surface area (Å²) >= 11 is 0. The summed E-state index contributed by atoms with van der Waals surface area (Å²) in [5.74, 6) is -0.332. The van der Waals surface area contributed by atoms with E-state index < -0.39 is 12.0 Å². The largest absolute Gasteiger partial charge is 0.480 e. The van der Waals surface area contributed by atoms with Crippen molar-refractivity contribution in [2.75, 3.05) is 5.32 Å². The molecular formula is C15H17NO2. The van der Waals surface area contributed by atoms with Crippen LogP contribution in [0.3, 0.4) is 0 Å². The smallest absolute Gasteiger partial charge is 0.326 e. The van der Waals surface area contributed by atoms with Gasteiger partial charge in [0.15, 0.2) is 0 Å². The number of nitrogens with one attached hydrogen (secondary N) is 1. The molecule has 0 aromatic heterocycles. The zero-order valence-corrected chi connectivity index (χ0v) is 10.4. The molecule has 1 aromatic rings. The maximum Gasteiger partial charge on any atom is 0.326 e. The van der Waals surface area contributed by atoms with E-state index in [1.54, 1.807) is 0 Å². The fraction of sp³-hybridized carbons (Fsp3) is 0.400. The van der Waals surface area contributed by atoms with E-state index in [-0.39, 0.29) is 11.8 Å². The number of carbonyl (C=O) groups is 1. The van der Waals surface area contributed by atoms with Gasteiger partial charge in [-0.05, 0) is 24.0 Å². The van der Waals surface area contributed by atoms with Crippen molar-refractivity contribution in [3.63, 3.8) is 0 Å². The molecule has 1 aliphatic carbocycles. The molecule has 18 heavy (non-hydrogen) atoms. The van der Waals surface area contributed by atoms with Crippen LogP contribution in [0.25, 0.3) is 0 Å². The molecule has 0 amide bonds. The summed E-state index contributed by atoms with van der Waals surface area (Å²) in [4.78, 5) is 11.4. The van der Waals surface area contributed by atoms with Gasteiger partial charge in [-0.25, -0.2) is 4.79 Å². The molecule has 3 heteroatoms. The van der Waals surface area contributed by atoms with Crippen molar-refractivity contribution in [1.29, 1.82) is 0 Å². The van der Waals surface area contributed by atoms with E-state index in [9.17, 15) is 9.90 Å². The minimum Gasteiger partial charge on any atom is -0.480 e. The van der Waals surface area contributed by atoms with E-state index in [1.165, 1.54) is 11.1 Å². The zero-order chi connectivity index (χ0) is 12.7. The van der Waals surface area contributed by atoms with Crippen molar-refractivity contribution in [1.82, 2.24) is 0 Å². The Labute approximate surface area is 107 Å². The summed E-state index contributed by atoms with van der Waals surface area (Å²) < 4.78 is 0. The molecule has 3 rings (SSSR count). The lowest BCUT2D eigenvalue weighted by atomic mass is 9.78. The Bertz CT molecular complexity index is 521. The molecule has 0 saturated carbocycles. The molecule has 2 aliphatic rings. The summed E-state index contributed by atoms with van der Waals surface area (Å²) in [6, 6.07) is 5.80. The van der Waals surface area contributed by atoms with Crippen LogP contribution in [-0.2, 0) is 11.2 Å². The van der Waals surface area contributed by atoms with Gasteiger partial charge in [0.25, 0.3) is 0 Å². The Morgan fingerprint density at radius 2 is 2.33 bits per heavy atom. The van der Waals surface area contributed by atoms with Crippen LogP contribution in [0, 0.1) is 5.92 Å². The quantitative estimate of drug-likeness (QED) is 0.785. The Morgan fingerprint density at radius 1 is 1.50 bits per heavy atom. The number of carboxylic acids is 1. The van der Waals surface area contributed by atoms with E-state index in [0.29, 0.717) is 0 Å². The van der Waals surface area contributed by atoms with E-state index in [2.05, 4.69) is 42.6 Å². The zero-order valence-electron chi connectivity index (χ0n) is 10.4. The average Bonchev–Trinajstić information content (AvgIpc) is 2.86. The number of hydrogen-bond acceptors (Lipinski definition) is 2. The molecule has 0 unspecified atom stereocenters. The molecule has 0 spiro atoms. The number of aliphatic carboxylic acids is 1. The van der Waals surface area contributed by atoms with Gasteiger partial charge in [0.05, 0.1) is 0 Å². The van der Waals surface area contributed by atoms with Gasteiger partial charge >= 0.3 is 5.97 Å². The maximum atomic E-state index is 11.4. The van der Waals surface area contributed by atoms with Crippen molar-refractivity contribution in [2.45, 2.75) is 31.7 Å². The second-order valence-electron chi connectivity index (χ2n) is 5.05. The Hall–Kier alpha value is -1.77. The summed E-state index contributed by atoms with van der Waals surface area (Å²) in [7, 11) is 0. The summed E-state index contributed by atoms with van der Waals surface area (Å²) in [6.07, 6.45) is 6.05. The number of anilines is 1. The number of fused-ring (bicyclic) bond motifs is 3. The van der Waals surface area contributed by atoms with E-state index in [1.807, 2.05) is 0 Å². The summed E-state index contributed by atoms with van der Waals surface area (Å²) in [5.41, 5.74) is 3.50. The lowest BCUT2D eigenvalue weighted by molar-refractivity contribution is -0.139. The first-order chi connectivity index (χ1) is 8.72. The van der Waals surface area contributed by atoms with Crippen LogP contribution in [0.2, 0.25) is 0 Å². The van der Waals surface area contributed by atoms with Crippen LogP contribution in [0.5, 0.6) is 0 Å². The van der Waals surface area contributed by atoms with E-state index >= 15 is 0 Å². The van der Waals surface area contributed by atoms with Crippen LogP contribution >= 0.6 is 0 Å². The Morgan fingerprint density at radius 3 is 3.06 bits per heavy atom. The fourth-order valence-corrected chi connectivity index (χ4v) is 3.23. The maximum absolute atomic E-state index is 11.4. The molecule has 0 radical (unpaired) electrons. The molecule has 1 aliphatic heterocycles. The highest BCUT2D eigenvalue weighted by molar-refractivity contribution is 5.81. The molecule has 94 valence electrons. The molecule has 0 bridgehead atoms. The van der Waals surface area contributed by atoms with Gasteiger partial charge in [-0.2, -0.15) is 0 Å². The number of rotatable bonds is 2. The predicted octanol–water partition coefficient (Wildman–Crippen LogP) is 2.79. The first-order valence-corrected chi connectivity index (χ1v) is 6.50. The number of allylic oxidation sites excluding steroid dienone is 2. The van der Waals surface area contributed by atoms with Crippen molar-refractivity contribution < 1.29 is 9.90 Å². The van der Waals surface area contributed by atoms with E-state index in [4.69, 9.17) is 0 Å². The van der Waals surface area contributed by atoms with Crippen molar-refractivity contribution >= 4 is 11.7 Å². The first-order valence-electron chi connectivity index (χ1n) is 6.50. The monoisotopic (exact) mass is 243 g/mol. The van der Waals surface area contributed by atoms with Crippen LogP contribution in [0.4, 0.5) is 5.69 Å². The third-order valence-corrected chi connectivity index (χ3v) is 4.13. The molecular weight excluding hydrogens is 226 g/mol. The minimum atomic E-state index is -0.745. The Balaban J connectivity index is 2.11. The van der Waals surface area contributed by atoms with Crippen molar-refractivity contribution in [2.24, 2.45) is 5.92 Å². The fourth-order valence-electron chi connectivity index (χ4n) is 3.23. The Kier molecular flexibility index (Phi) is 2.62. The molecule has 3 atom stereocenters. The molecule has 0 saturated heterocycles. The number of benzene rings is 1. The third kappa shape index (κ3) is 1.54. The second-order valence-corrected chi connectivity index (χ2v) is 5.05. The average molecular weight is 243 g/mol. The highest BCUT2D eigenvalue weighted by Gasteiger charge is 2.41. The van der Waals surface area contributed by atoms with Gasteiger partial charge in [0.2, 0.25) is 0 Å². The lowest BCUT2D eigenvalue weighted by Gasteiger charge is -2.35. The van der Waals surface area contributed by atoms with Gasteiger partial charge in [0.1, 0.15) is 6.04 Å². The standard InChI is InChI=1S/C15H17NO2/c1-2-9-5-3-7-11-10-6-4-8-12(10)14(15(17)18)16-13(9)11/h3-7,10,12,14,16H,2,8H2,1H3,(H,17,18)/t10-,12-,14+/m1/s1. The number of para-hydroxylation sites is 1. The molecule has 0 fully saturated rings.